The van der Waals surface area contributed by atoms with E-state index in [9.17, 15) is 13.6 Å². The summed E-state index contributed by atoms with van der Waals surface area (Å²) in [7, 11) is 0. The number of anilines is 1. The molecule has 4 aromatic rings. The zero-order chi connectivity index (χ0) is 24.2. The van der Waals surface area contributed by atoms with Crippen molar-refractivity contribution in [3.63, 3.8) is 0 Å². The van der Waals surface area contributed by atoms with Crippen molar-refractivity contribution in [2.24, 2.45) is 4.99 Å². The summed E-state index contributed by atoms with van der Waals surface area (Å²) in [6, 6.07) is 18.5. The van der Waals surface area contributed by atoms with Crippen LogP contribution < -0.4 is 9.64 Å². The number of hydrogen-bond acceptors (Lipinski definition) is 8. The quantitative estimate of drug-likeness (QED) is 0.308. The summed E-state index contributed by atoms with van der Waals surface area (Å²) in [6.07, 6.45) is 3.02. The number of furan rings is 1. The van der Waals surface area contributed by atoms with Gasteiger partial charge in [-0.1, -0.05) is 30.0 Å². The zero-order valence-electron chi connectivity index (χ0n) is 17.9. The summed E-state index contributed by atoms with van der Waals surface area (Å²) in [5.74, 6) is 1.04. The van der Waals surface area contributed by atoms with Gasteiger partial charge < -0.3 is 13.6 Å². The van der Waals surface area contributed by atoms with Crippen LogP contribution in [0.15, 0.2) is 92.5 Å². The Labute approximate surface area is 201 Å². The first-order chi connectivity index (χ1) is 17.1. The highest BCUT2D eigenvalue weighted by Crippen LogP contribution is 2.32. The highest BCUT2D eigenvalue weighted by Gasteiger charge is 2.32. The van der Waals surface area contributed by atoms with Crippen LogP contribution in [-0.2, 0) is 10.5 Å². The Morgan fingerprint density at radius 3 is 2.54 bits per heavy atom. The summed E-state index contributed by atoms with van der Waals surface area (Å²) in [6.45, 7) is -2.94. The number of aromatic nitrogens is 2. The van der Waals surface area contributed by atoms with Crippen molar-refractivity contribution in [2.75, 3.05) is 4.90 Å². The smallest absolute Gasteiger partial charge is 0.387 e. The first-order valence-electron chi connectivity index (χ1n) is 10.3. The molecular formula is C24H16F2N4O4S. The van der Waals surface area contributed by atoms with Crippen molar-refractivity contribution in [3.8, 4) is 17.2 Å². The van der Waals surface area contributed by atoms with Crippen LogP contribution in [0.4, 0.5) is 14.5 Å². The van der Waals surface area contributed by atoms with Gasteiger partial charge in [-0.05, 0) is 48.5 Å². The van der Waals surface area contributed by atoms with Gasteiger partial charge in [0, 0.05) is 11.6 Å². The Morgan fingerprint density at radius 2 is 1.83 bits per heavy atom. The average molecular weight is 494 g/mol. The zero-order valence-corrected chi connectivity index (χ0v) is 18.7. The fourth-order valence-corrected chi connectivity index (χ4v) is 4.09. The number of thioether (sulfide) groups is 1. The number of aliphatic imine (C=N–C) groups is 1. The van der Waals surface area contributed by atoms with Crippen molar-refractivity contribution < 1.29 is 27.1 Å². The van der Waals surface area contributed by atoms with Gasteiger partial charge in [0.15, 0.2) is 5.17 Å². The van der Waals surface area contributed by atoms with Crippen molar-refractivity contribution in [1.29, 1.82) is 0 Å². The van der Waals surface area contributed by atoms with E-state index in [1.54, 1.807) is 12.1 Å². The third kappa shape index (κ3) is 5.14. The molecule has 176 valence electrons. The third-order valence-corrected chi connectivity index (χ3v) is 5.71. The molecule has 0 atom stereocenters. The van der Waals surface area contributed by atoms with Gasteiger partial charge >= 0.3 is 6.61 Å². The molecule has 0 unspecified atom stereocenters. The normalized spacial score (nSPS) is 14.7. The second kappa shape index (κ2) is 9.94. The highest BCUT2D eigenvalue weighted by molar-refractivity contribution is 8.13. The molecule has 2 aromatic heterocycles. The minimum absolute atomic E-state index is 0.0211. The fraction of sp³-hybridized carbons (Fsp3) is 0.0833. The van der Waals surface area contributed by atoms with Gasteiger partial charge in [-0.3, -0.25) is 9.69 Å². The number of alkyl halides is 2. The summed E-state index contributed by atoms with van der Waals surface area (Å²) < 4.78 is 40.5. The lowest BCUT2D eigenvalue weighted by molar-refractivity contribution is -0.113. The second-order valence-electron chi connectivity index (χ2n) is 7.11. The number of hydrogen-bond donors (Lipinski definition) is 0. The van der Waals surface area contributed by atoms with Crippen LogP contribution in [0.1, 0.15) is 11.7 Å². The van der Waals surface area contributed by atoms with E-state index < -0.39 is 12.5 Å². The monoisotopic (exact) mass is 494 g/mol. The molecule has 2 aromatic carbocycles. The molecule has 11 heteroatoms. The van der Waals surface area contributed by atoms with E-state index >= 15 is 0 Å². The minimum atomic E-state index is -2.94. The van der Waals surface area contributed by atoms with Gasteiger partial charge in [0.05, 0.1) is 17.7 Å². The molecule has 0 aliphatic carbocycles. The van der Waals surface area contributed by atoms with Gasteiger partial charge in [-0.2, -0.15) is 8.78 Å². The number of carbonyl (C=O) groups is 1. The van der Waals surface area contributed by atoms with Crippen LogP contribution in [0.3, 0.4) is 0 Å². The van der Waals surface area contributed by atoms with Crippen LogP contribution >= 0.6 is 11.8 Å². The number of rotatable bonds is 7. The van der Waals surface area contributed by atoms with Crippen LogP contribution in [0.25, 0.3) is 17.5 Å². The van der Waals surface area contributed by atoms with Crippen LogP contribution in [-0.4, -0.2) is 27.9 Å². The van der Waals surface area contributed by atoms with E-state index in [4.69, 9.17) is 8.83 Å². The Balaban J connectivity index is 1.39. The van der Waals surface area contributed by atoms with E-state index in [1.807, 2.05) is 30.3 Å². The molecule has 35 heavy (non-hydrogen) atoms. The molecule has 8 nitrogen and oxygen atoms in total. The Morgan fingerprint density at radius 1 is 1.03 bits per heavy atom. The molecule has 1 aliphatic rings. The lowest BCUT2D eigenvalue weighted by Gasteiger charge is -2.17. The summed E-state index contributed by atoms with van der Waals surface area (Å²) in [4.78, 5) is 19.0. The fourth-order valence-electron chi connectivity index (χ4n) is 3.24. The van der Waals surface area contributed by atoms with Crippen molar-refractivity contribution in [3.05, 3.63) is 90.3 Å². The van der Waals surface area contributed by atoms with Gasteiger partial charge in [-0.15, -0.1) is 10.2 Å². The number of carbonyl (C=O) groups excluding carboxylic acids is 1. The maximum Gasteiger partial charge on any atom is 0.387 e. The number of halogens is 2. The molecule has 1 aliphatic heterocycles. The number of benzene rings is 2. The molecule has 1 amide bonds. The molecule has 0 fully saturated rings. The van der Waals surface area contributed by atoms with E-state index in [2.05, 4.69) is 19.9 Å². The van der Waals surface area contributed by atoms with E-state index in [-0.39, 0.29) is 17.2 Å². The molecule has 5 rings (SSSR count). The van der Waals surface area contributed by atoms with Crippen LogP contribution in [0.5, 0.6) is 5.75 Å². The van der Waals surface area contributed by atoms with Gasteiger partial charge in [0.2, 0.25) is 11.8 Å². The van der Waals surface area contributed by atoms with Gasteiger partial charge in [0.25, 0.3) is 5.91 Å². The van der Waals surface area contributed by atoms with E-state index in [0.29, 0.717) is 28.4 Å². The maximum absolute atomic E-state index is 13.2. The van der Waals surface area contributed by atoms with Crippen molar-refractivity contribution >= 4 is 34.6 Å². The Bertz CT molecular complexity index is 1370. The van der Waals surface area contributed by atoms with Crippen molar-refractivity contribution in [1.82, 2.24) is 10.2 Å². The molecule has 3 heterocycles. The van der Waals surface area contributed by atoms with Gasteiger partial charge in [0.1, 0.15) is 17.2 Å². The standard InChI is InChI=1S/C24H16F2N4O4S/c25-23(26)33-17-10-8-16(9-11-17)30-22(31)19(13-18-7-4-12-32-18)27-24(30)35-14-20-28-29-21(34-20)15-5-2-1-3-6-15/h1-13,23H,14H2/b19-13+. The third-order valence-electron chi connectivity index (χ3n) is 4.78. The molecule has 0 spiro atoms. The number of nitrogens with zero attached hydrogens (tertiary/aromatic N) is 4. The summed E-state index contributed by atoms with van der Waals surface area (Å²) >= 11 is 1.22. The molecule has 0 saturated heterocycles. The molecule has 0 bridgehead atoms. The SMILES string of the molecule is O=C1/C(=C\c2ccco2)N=C(SCc2nnc(-c3ccccc3)o2)N1c1ccc(OC(F)F)cc1. The predicted molar refractivity (Wildman–Crippen MR) is 126 cm³/mol. The average Bonchev–Trinajstić information content (AvgIpc) is 3.61. The first kappa shape index (κ1) is 22.5. The number of ether oxygens (including phenoxy) is 1. The first-order valence-corrected chi connectivity index (χ1v) is 11.3. The number of amidine groups is 1. The van der Waals surface area contributed by atoms with Crippen LogP contribution in [0.2, 0.25) is 0 Å². The predicted octanol–water partition coefficient (Wildman–Crippen LogP) is 5.61. The largest absolute Gasteiger partial charge is 0.465 e. The molecule has 0 radical (unpaired) electrons. The molecule has 0 saturated carbocycles. The topological polar surface area (TPSA) is 94.0 Å². The van der Waals surface area contributed by atoms with Crippen molar-refractivity contribution in [2.45, 2.75) is 12.4 Å². The summed E-state index contributed by atoms with van der Waals surface area (Å²) in [5, 5.41) is 8.51. The Kier molecular flexibility index (Phi) is 6.40. The van der Waals surface area contributed by atoms with Crippen LogP contribution in [0, 0.1) is 0 Å². The number of amides is 1. The minimum Gasteiger partial charge on any atom is -0.465 e. The Hall–Kier alpha value is -4.25. The summed E-state index contributed by atoms with van der Waals surface area (Å²) in [5.41, 5.74) is 1.38. The molecule has 0 N–H and O–H groups in total. The lowest BCUT2D eigenvalue weighted by Crippen LogP contribution is -2.30. The highest BCUT2D eigenvalue weighted by atomic mass is 32.2. The van der Waals surface area contributed by atoms with E-state index in [0.717, 1.165) is 5.56 Å². The van der Waals surface area contributed by atoms with Gasteiger partial charge in [-0.25, -0.2) is 4.99 Å². The molecular weight excluding hydrogens is 478 g/mol. The second-order valence-corrected chi connectivity index (χ2v) is 8.05. The van der Waals surface area contributed by atoms with E-state index in [1.165, 1.54) is 53.3 Å². The lowest BCUT2D eigenvalue weighted by atomic mass is 10.2. The maximum atomic E-state index is 13.2.